The molecule has 10 rings (SSSR count). The van der Waals surface area contributed by atoms with Gasteiger partial charge in [-0.05, 0) is 95.8 Å². The van der Waals surface area contributed by atoms with Crippen molar-refractivity contribution < 1.29 is 85.9 Å². The summed E-state index contributed by atoms with van der Waals surface area (Å²) in [6.45, 7) is 4.79. The van der Waals surface area contributed by atoms with Crippen molar-refractivity contribution in [3.63, 3.8) is 0 Å². The Hall–Kier alpha value is -3.04. The number of hydrogen-bond donors (Lipinski definition) is 0. The van der Waals surface area contributed by atoms with Crippen LogP contribution in [0.15, 0.2) is 60.8 Å². The van der Waals surface area contributed by atoms with Crippen LogP contribution in [0, 0.1) is 0 Å². The zero-order valence-corrected chi connectivity index (χ0v) is 39.5. The van der Waals surface area contributed by atoms with Crippen LogP contribution >= 0.6 is 31.9 Å². The molecule has 0 amide bonds. The van der Waals surface area contributed by atoms with Gasteiger partial charge in [-0.1, -0.05) is 37.9 Å². The average Bonchev–Trinajstić information content (AvgIpc) is 3.90. The number of alkyl halides is 2. The summed E-state index contributed by atoms with van der Waals surface area (Å²) in [6, 6.07) is 19.5. The van der Waals surface area contributed by atoms with Crippen molar-refractivity contribution in [2.75, 3.05) is 58.2 Å². The normalized spacial score (nSPS) is 15.9. The summed E-state index contributed by atoms with van der Waals surface area (Å²) >= 11 is 6.94. The Morgan fingerprint density at radius 3 is 2.08 bits per heavy atom. The molecular weight excluding hydrogens is 914 g/mol. The van der Waals surface area contributed by atoms with Gasteiger partial charge in [0.15, 0.2) is 58.7 Å². The third-order valence-corrected chi connectivity index (χ3v) is 12.4. The Morgan fingerprint density at radius 1 is 0.763 bits per heavy atom. The third-order valence-electron chi connectivity index (χ3n) is 11.3. The number of ether oxygens (including phenoxy) is 8. The monoisotopic (exact) mass is 957 g/mol. The van der Waals surface area contributed by atoms with E-state index in [1.54, 1.807) is 14.2 Å². The molecule has 6 heterocycles. The van der Waals surface area contributed by atoms with Gasteiger partial charge in [-0.2, -0.15) is 4.57 Å². The average molecular weight is 960 g/mol. The fourth-order valence-electron chi connectivity index (χ4n) is 8.48. The van der Waals surface area contributed by atoms with Crippen LogP contribution in [-0.2, 0) is 32.4 Å². The number of aryl methyl sites for hydroxylation is 2. The van der Waals surface area contributed by atoms with Gasteiger partial charge in [-0.15, -0.1) is 0 Å². The van der Waals surface area contributed by atoms with Crippen LogP contribution in [-0.4, -0.2) is 71.5 Å². The largest absolute Gasteiger partial charge is 1.00 e. The Kier molecular flexibility index (Phi) is 15.6. The van der Waals surface area contributed by atoms with E-state index in [-0.39, 0.29) is 51.8 Å². The van der Waals surface area contributed by atoms with Crippen LogP contribution in [0.25, 0.3) is 22.0 Å². The summed E-state index contributed by atoms with van der Waals surface area (Å²) in [5.41, 5.74) is 9.07. The van der Waals surface area contributed by atoms with Gasteiger partial charge in [0.25, 0.3) is 0 Å². The molecule has 1 atom stereocenters. The molecular formula is C44H46BBr2ClN2NaO8. The Morgan fingerprint density at radius 2 is 1.39 bits per heavy atom. The first kappa shape index (κ1) is 45.5. The SMILES string of the molecule is COc1ccc2c(c1OCCCBr)CN1CCc3cc4c(cc3C1C2)OCO4.COc1ccc2cc3[n+](cc2c1OCCCBr)CCc1cc2c(cc1-3)OCO2.[B].[Cl-].[H-].[Na+]. The number of halogens is 3. The molecule has 0 spiro atoms. The van der Waals surface area contributed by atoms with Crippen molar-refractivity contribution in [2.24, 2.45) is 0 Å². The molecule has 1 aromatic heterocycles. The molecule has 305 valence electrons. The quantitative estimate of drug-likeness (QED) is 0.0908. The van der Waals surface area contributed by atoms with E-state index in [0.29, 0.717) is 32.8 Å². The van der Waals surface area contributed by atoms with E-state index in [1.165, 1.54) is 39.1 Å². The zero-order valence-electron chi connectivity index (χ0n) is 34.6. The molecule has 5 aromatic rings. The number of aromatic nitrogens is 1. The predicted octanol–water partition coefficient (Wildman–Crippen LogP) is 2.23. The minimum absolute atomic E-state index is 0. The van der Waals surface area contributed by atoms with Crippen molar-refractivity contribution in [3.05, 3.63) is 88.6 Å². The molecule has 1 unspecified atom stereocenters. The first-order chi connectivity index (χ1) is 27.6. The minimum atomic E-state index is 0. The molecule has 10 nitrogen and oxygen atoms in total. The Labute approximate surface area is 394 Å². The van der Waals surface area contributed by atoms with Gasteiger partial charge in [0, 0.05) is 56.3 Å². The topological polar surface area (TPSA) is 81.0 Å². The molecule has 15 heteroatoms. The first-order valence-electron chi connectivity index (χ1n) is 19.3. The van der Waals surface area contributed by atoms with E-state index in [0.717, 1.165) is 119 Å². The summed E-state index contributed by atoms with van der Waals surface area (Å²) in [6.07, 6.45) is 7.06. The molecule has 5 aliphatic heterocycles. The number of pyridine rings is 1. The maximum absolute atomic E-state index is 6.16. The molecule has 4 aromatic carbocycles. The summed E-state index contributed by atoms with van der Waals surface area (Å²) in [7, 11) is 3.40. The summed E-state index contributed by atoms with van der Waals surface area (Å²) < 4.78 is 48.1. The fraction of sp³-hybridized carbons (Fsp3) is 0.386. The van der Waals surface area contributed by atoms with Gasteiger partial charge in [-0.3, -0.25) is 4.90 Å². The summed E-state index contributed by atoms with van der Waals surface area (Å²) in [5.74, 6) is 6.75. The molecule has 0 fully saturated rings. The van der Waals surface area contributed by atoms with Crippen LogP contribution < -0.4 is 84.4 Å². The van der Waals surface area contributed by atoms with Gasteiger partial charge in [0.2, 0.25) is 19.3 Å². The van der Waals surface area contributed by atoms with Crippen molar-refractivity contribution in [1.82, 2.24) is 4.90 Å². The summed E-state index contributed by atoms with van der Waals surface area (Å²) in [4.78, 5) is 2.56. The molecule has 0 saturated carbocycles. The van der Waals surface area contributed by atoms with Crippen LogP contribution in [0.1, 0.15) is 48.1 Å². The second kappa shape index (κ2) is 20.2. The van der Waals surface area contributed by atoms with Crippen molar-refractivity contribution in [2.45, 2.75) is 51.2 Å². The number of nitrogens with zero attached hydrogens (tertiary/aromatic N) is 2. The number of benzene rings is 4. The third kappa shape index (κ3) is 8.99. The van der Waals surface area contributed by atoms with Crippen molar-refractivity contribution in [1.29, 1.82) is 0 Å². The molecule has 0 aliphatic carbocycles. The van der Waals surface area contributed by atoms with E-state index in [4.69, 9.17) is 37.9 Å². The van der Waals surface area contributed by atoms with E-state index in [1.807, 2.05) is 12.1 Å². The van der Waals surface area contributed by atoms with Gasteiger partial charge >= 0.3 is 29.6 Å². The maximum Gasteiger partial charge on any atom is 1.00 e. The molecule has 3 radical (unpaired) electrons. The van der Waals surface area contributed by atoms with Crippen LogP contribution in [0.4, 0.5) is 0 Å². The molecule has 0 N–H and O–H groups in total. The minimum Gasteiger partial charge on any atom is -1.00 e. The van der Waals surface area contributed by atoms with Crippen molar-refractivity contribution >= 4 is 51.0 Å². The number of methoxy groups -OCH3 is 2. The number of fused-ring (bicyclic) bond motifs is 10. The van der Waals surface area contributed by atoms with Crippen molar-refractivity contribution in [3.8, 4) is 57.3 Å². The fourth-order valence-corrected chi connectivity index (χ4v) is 8.94. The second-order valence-corrected chi connectivity index (χ2v) is 16.0. The number of rotatable bonds is 10. The van der Waals surface area contributed by atoms with Gasteiger partial charge in [0.05, 0.1) is 38.4 Å². The molecule has 0 bridgehead atoms. The van der Waals surface area contributed by atoms with Crippen LogP contribution in [0.5, 0.6) is 46.0 Å². The van der Waals surface area contributed by atoms with E-state index in [9.17, 15) is 0 Å². The van der Waals surface area contributed by atoms with Gasteiger partial charge in [0.1, 0.15) is 0 Å². The van der Waals surface area contributed by atoms with Gasteiger partial charge < -0.3 is 51.7 Å². The van der Waals surface area contributed by atoms with E-state index < -0.39 is 0 Å². The predicted molar refractivity (Wildman–Crippen MR) is 227 cm³/mol. The zero-order chi connectivity index (χ0) is 38.2. The van der Waals surface area contributed by atoms with Crippen LogP contribution in [0.3, 0.4) is 0 Å². The van der Waals surface area contributed by atoms with Crippen LogP contribution in [0.2, 0.25) is 0 Å². The van der Waals surface area contributed by atoms with E-state index >= 15 is 0 Å². The van der Waals surface area contributed by atoms with Gasteiger partial charge in [-0.25, -0.2) is 0 Å². The second-order valence-electron chi connectivity index (χ2n) is 14.4. The smallest absolute Gasteiger partial charge is 1.00 e. The summed E-state index contributed by atoms with van der Waals surface area (Å²) in [5, 5.41) is 4.05. The first-order valence-corrected chi connectivity index (χ1v) is 21.5. The molecule has 0 saturated heterocycles. The molecule has 5 aliphatic rings. The van der Waals surface area contributed by atoms with E-state index in [2.05, 4.69) is 90.0 Å². The molecule has 59 heavy (non-hydrogen) atoms. The maximum atomic E-state index is 6.16. The Bertz CT molecular complexity index is 2310. The Balaban J connectivity index is 0.000000213. The standard InChI is InChI=1S/C22H24BrNO4.C22H21BrNO4.B.ClH.Na.H/c2*1-25-19-4-3-14-9-18-16-11-21-20(27-13-28-21)10-15(16)5-7-24(18)12-17(14)22(19)26-8-2-6-23;;;;/h3-4,10-11,18H,2,5-9,12-13H2,1H3;3-4,9-12H,2,5-8,13H2,1H3;;1H;;/q;+1;;;+1;-1/p-1. The number of hydrogen-bond acceptors (Lipinski definition) is 9.